The monoisotopic (exact) mass is 516 g/mol. The summed E-state index contributed by atoms with van der Waals surface area (Å²) in [7, 11) is 0. The number of halogens is 4. The molecular formula is C16H24F3IN6S. The molecule has 0 radical (unpaired) electrons. The summed E-state index contributed by atoms with van der Waals surface area (Å²) >= 11 is 0.969. The van der Waals surface area contributed by atoms with Gasteiger partial charge in [0, 0.05) is 30.9 Å². The zero-order valence-electron chi connectivity index (χ0n) is 15.4. The van der Waals surface area contributed by atoms with Gasteiger partial charge in [-0.2, -0.15) is 13.2 Å². The van der Waals surface area contributed by atoms with Gasteiger partial charge in [-0.05, 0) is 12.8 Å². The minimum atomic E-state index is -4.42. The number of imidazole rings is 1. The summed E-state index contributed by atoms with van der Waals surface area (Å²) in [5.74, 6) is 1.84. The summed E-state index contributed by atoms with van der Waals surface area (Å²) in [6.45, 7) is 8.21. The van der Waals surface area contributed by atoms with Gasteiger partial charge in [0.15, 0.2) is 11.7 Å². The van der Waals surface area contributed by atoms with Crippen molar-refractivity contribution in [3.05, 3.63) is 34.3 Å². The van der Waals surface area contributed by atoms with E-state index in [0.29, 0.717) is 30.0 Å². The third-order valence-electron chi connectivity index (χ3n) is 3.34. The predicted molar refractivity (Wildman–Crippen MR) is 111 cm³/mol. The van der Waals surface area contributed by atoms with Crippen LogP contribution in [0, 0.1) is 5.92 Å². The number of alkyl halides is 3. The van der Waals surface area contributed by atoms with E-state index in [9.17, 15) is 13.2 Å². The Bertz CT molecular complexity index is 726. The number of rotatable bonds is 7. The normalized spacial score (nSPS) is 12.2. The Hall–Kier alpha value is -1.37. The number of hydrogen-bond donors (Lipinski definition) is 2. The van der Waals surface area contributed by atoms with Crippen molar-refractivity contribution in [1.82, 2.24) is 25.2 Å². The molecule has 0 fully saturated rings. The van der Waals surface area contributed by atoms with Crippen LogP contribution in [0.25, 0.3) is 0 Å². The SMILES string of the molecule is CCNC(=NCc1nccn1CC(C)C)NCc1nc(C(F)(F)F)cs1.I. The Balaban J connectivity index is 0.00000364. The predicted octanol–water partition coefficient (Wildman–Crippen LogP) is 3.89. The zero-order chi connectivity index (χ0) is 19.2. The van der Waals surface area contributed by atoms with Crippen molar-refractivity contribution in [1.29, 1.82) is 0 Å². The van der Waals surface area contributed by atoms with Crippen LogP contribution < -0.4 is 10.6 Å². The molecule has 2 heterocycles. The number of thiazole rings is 1. The lowest BCUT2D eigenvalue weighted by Gasteiger charge is -2.12. The van der Waals surface area contributed by atoms with Crippen LogP contribution in [0.5, 0.6) is 0 Å². The van der Waals surface area contributed by atoms with Crippen LogP contribution in [-0.2, 0) is 25.8 Å². The van der Waals surface area contributed by atoms with Gasteiger partial charge in [-0.3, -0.25) is 0 Å². The molecule has 6 nitrogen and oxygen atoms in total. The van der Waals surface area contributed by atoms with Gasteiger partial charge in [0.25, 0.3) is 0 Å². The summed E-state index contributed by atoms with van der Waals surface area (Å²) in [5.41, 5.74) is -0.864. The highest BCUT2D eigenvalue weighted by Crippen LogP contribution is 2.29. The van der Waals surface area contributed by atoms with Crippen molar-refractivity contribution >= 4 is 41.3 Å². The molecule has 2 aromatic heterocycles. The van der Waals surface area contributed by atoms with E-state index in [0.717, 1.165) is 29.1 Å². The smallest absolute Gasteiger partial charge is 0.357 e. The fourth-order valence-corrected chi connectivity index (χ4v) is 2.97. The van der Waals surface area contributed by atoms with Crippen molar-refractivity contribution in [3.63, 3.8) is 0 Å². The fraction of sp³-hybridized carbons (Fsp3) is 0.562. The van der Waals surface area contributed by atoms with Crippen molar-refractivity contribution in [3.8, 4) is 0 Å². The van der Waals surface area contributed by atoms with E-state index in [1.165, 1.54) is 0 Å². The number of aromatic nitrogens is 3. The highest BCUT2D eigenvalue weighted by Gasteiger charge is 2.33. The summed E-state index contributed by atoms with van der Waals surface area (Å²) < 4.78 is 39.9. The molecule has 27 heavy (non-hydrogen) atoms. The number of nitrogens with one attached hydrogen (secondary N) is 2. The largest absolute Gasteiger partial charge is 0.434 e. The van der Waals surface area contributed by atoms with Crippen LogP contribution >= 0.6 is 35.3 Å². The van der Waals surface area contributed by atoms with E-state index in [4.69, 9.17) is 0 Å². The van der Waals surface area contributed by atoms with Crippen LogP contribution in [0.15, 0.2) is 22.8 Å². The summed E-state index contributed by atoms with van der Waals surface area (Å²) in [4.78, 5) is 12.4. The molecular weight excluding hydrogens is 492 g/mol. The minimum absolute atomic E-state index is 0. The first-order valence-corrected chi connectivity index (χ1v) is 9.21. The quantitative estimate of drug-likeness (QED) is 0.333. The molecule has 152 valence electrons. The molecule has 0 spiro atoms. The van der Waals surface area contributed by atoms with Gasteiger partial charge in [0.1, 0.15) is 17.4 Å². The van der Waals surface area contributed by atoms with E-state index in [-0.39, 0.29) is 30.5 Å². The van der Waals surface area contributed by atoms with Crippen molar-refractivity contribution in [2.75, 3.05) is 6.54 Å². The highest BCUT2D eigenvalue weighted by atomic mass is 127. The third kappa shape index (κ3) is 7.64. The standard InChI is InChI=1S/C16H23F3N6S.HI/c1-4-20-15(22-7-13-21-5-6-25(13)9-11(2)3)23-8-14-24-12(10-26-14)16(17,18)19;/h5-6,10-11H,4,7-9H2,1-3H3,(H2,20,22,23);1H. The molecule has 0 amide bonds. The molecule has 0 aliphatic heterocycles. The second kappa shape index (κ2) is 10.8. The van der Waals surface area contributed by atoms with Crippen LogP contribution in [-0.4, -0.2) is 27.0 Å². The number of aliphatic imine (C=N–C) groups is 1. The number of nitrogens with zero attached hydrogens (tertiary/aromatic N) is 4. The van der Waals surface area contributed by atoms with Crippen molar-refractivity contribution in [2.24, 2.45) is 10.9 Å². The molecule has 0 aromatic carbocycles. The molecule has 0 saturated carbocycles. The van der Waals surface area contributed by atoms with E-state index >= 15 is 0 Å². The average Bonchev–Trinajstić information content (AvgIpc) is 3.18. The molecule has 0 unspecified atom stereocenters. The van der Waals surface area contributed by atoms with Crippen LogP contribution in [0.4, 0.5) is 13.2 Å². The van der Waals surface area contributed by atoms with E-state index in [1.807, 2.05) is 17.7 Å². The lowest BCUT2D eigenvalue weighted by atomic mass is 10.2. The number of guanidine groups is 1. The maximum absolute atomic E-state index is 12.6. The highest BCUT2D eigenvalue weighted by molar-refractivity contribution is 14.0. The Morgan fingerprint density at radius 3 is 2.67 bits per heavy atom. The first kappa shape index (κ1) is 23.7. The van der Waals surface area contributed by atoms with Gasteiger partial charge < -0.3 is 15.2 Å². The van der Waals surface area contributed by atoms with Gasteiger partial charge in [-0.15, -0.1) is 35.3 Å². The first-order valence-electron chi connectivity index (χ1n) is 8.33. The van der Waals surface area contributed by atoms with Crippen LogP contribution in [0.3, 0.4) is 0 Å². The third-order valence-corrected chi connectivity index (χ3v) is 4.18. The van der Waals surface area contributed by atoms with E-state index < -0.39 is 11.9 Å². The molecule has 0 atom stereocenters. The Morgan fingerprint density at radius 2 is 2.07 bits per heavy atom. The Morgan fingerprint density at radius 1 is 1.33 bits per heavy atom. The van der Waals surface area contributed by atoms with E-state index in [2.05, 4.69) is 39.4 Å². The maximum atomic E-state index is 12.6. The van der Waals surface area contributed by atoms with Gasteiger partial charge in [-0.25, -0.2) is 15.0 Å². The second-order valence-corrected chi connectivity index (χ2v) is 7.01. The number of hydrogen-bond acceptors (Lipinski definition) is 4. The fourth-order valence-electron chi connectivity index (χ4n) is 2.22. The van der Waals surface area contributed by atoms with Crippen LogP contribution in [0.2, 0.25) is 0 Å². The lowest BCUT2D eigenvalue weighted by Crippen LogP contribution is -2.36. The molecule has 0 bridgehead atoms. The Kier molecular flexibility index (Phi) is 9.50. The molecule has 2 rings (SSSR count). The summed E-state index contributed by atoms with van der Waals surface area (Å²) in [5, 5.41) is 7.44. The first-order chi connectivity index (χ1) is 12.3. The topological polar surface area (TPSA) is 67.1 Å². The molecule has 11 heteroatoms. The van der Waals surface area contributed by atoms with Gasteiger partial charge in [0.05, 0.1) is 6.54 Å². The summed E-state index contributed by atoms with van der Waals surface area (Å²) in [6, 6.07) is 0. The minimum Gasteiger partial charge on any atom is -0.357 e. The van der Waals surface area contributed by atoms with Gasteiger partial charge in [-0.1, -0.05) is 13.8 Å². The Labute approximate surface area is 177 Å². The van der Waals surface area contributed by atoms with E-state index in [1.54, 1.807) is 6.20 Å². The van der Waals surface area contributed by atoms with Crippen molar-refractivity contribution < 1.29 is 13.2 Å². The molecule has 0 saturated heterocycles. The van der Waals surface area contributed by atoms with Gasteiger partial charge in [0.2, 0.25) is 0 Å². The second-order valence-electron chi connectivity index (χ2n) is 6.06. The molecule has 2 aromatic rings. The maximum Gasteiger partial charge on any atom is 0.434 e. The van der Waals surface area contributed by atoms with Crippen LogP contribution in [0.1, 0.15) is 37.3 Å². The van der Waals surface area contributed by atoms with Crippen molar-refractivity contribution in [2.45, 2.75) is 46.6 Å². The molecule has 2 N–H and O–H groups in total. The zero-order valence-corrected chi connectivity index (χ0v) is 18.5. The lowest BCUT2D eigenvalue weighted by molar-refractivity contribution is -0.140. The average molecular weight is 516 g/mol. The molecule has 0 aliphatic carbocycles. The van der Waals surface area contributed by atoms with Gasteiger partial charge >= 0.3 is 6.18 Å². The summed E-state index contributed by atoms with van der Waals surface area (Å²) in [6.07, 6.45) is -0.762. The molecule has 0 aliphatic rings.